The van der Waals surface area contributed by atoms with Gasteiger partial charge in [0.05, 0.1) is 31.0 Å². The lowest BCUT2D eigenvalue weighted by molar-refractivity contribution is -0.139. The van der Waals surface area contributed by atoms with Crippen molar-refractivity contribution >= 4 is 23.6 Å². The number of allylic oxidation sites excluding steroid dienone is 2. The van der Waals surface area contributed by atoms with Crippen LogP contribution >= 0.6 is 0 Å². The molecule has 7 nitrogen and oxygen atoms in total. The van der Waals surface area contributed by atoms with Gasteiger partial charge in [-0.2, -0.15) is 0 Å². The van der Waals surface area contributed by atoms with Crippen LogP contribution in [0, 0.1) is 11.6 Å². The highest BCUT2D eigenvalue weighted by Crippen LogP contribution is 2.30. The maximum absolute atomic E-state index is 14.3. The summed E-state index contributed by atoms with van der Waals surface area (Å²) in [7, 11) is 2.13. The van der Waals surface area contributed by atoms with E-state index in [2.05, 4.69) is 9.47 Å². The van der Waals surface area contributed by atoms with Gasteiger partial charge in [-0.25, -0.2) is 23.2 Å². The predicted molar refractivity (Wildman–Crippen MR) is 85.1 cm³/mol. The topological polar surface area (TPSA) is 93.1 Å². The molecule has 1 aromatic rings. The number of hydrogen-bond donors (Lipinski definition) is 1. The van der Waals surface area contributed by atoms with E-state index in [4.69, 9.17) is 5.11 Å². The van der Waals surface area contributed by atoms with Crippen molar-refractivity contribution in [1.29, 1.82) is 0 Å². The van der Waals surface area contributed by atoms with E-state index in [1.165, 1.54) is 24.4 Å². The van der Waals surface area contributed by atoms with Crippen LogP contribution < -0.4 is 4.90 Å². The number of anilines is 1. The van der Waals surface area contributed by atoms with Crippen LogP contribution in [0.1, 0.15) is 10.4 Å². The summed E-state index contributed by atoms with van der Waals surface area (Å²) in [5, 5.41) is 9.05. The number of carboxylic acids is 1. The maximum atomic E-state index is 14.3. The van der Waals surface area contributed by atoms with Gasteiger partial charge in [0.15, 0.2) is 0 Å². The fourth-order valence-corrected chi connectivity index (χ4v) is 2.24. The molecular formula is C17H13F2NO6. The van der Waals surface area contributed by atoms with E-state index >= 15 is 0 Å². The van der Waals surface area contributed by atoms with Crippen LogP contribution in [0.2, 0.25) is 0 Å². The van der Waals surface area contributed by atoms with E-state index in [9.17, 15) is 23.2 Å². The molecule has 2 rings (SSSR count). The van der Waals surface area contributed by atoms with Crippen LogP contribution in [0.25, 0.3) is 0 Å². The monoisotopic (exact) mass is 365 g/mol. The Balaban J connectivity index is 2.77. The van der Waals surface area contributed by atoms with Gasteiger partial charge < -0.3 is 19.5 Å². The van der Waals surface area contributed by atoms with Crippen LogP contribution in [0.3, 0.4) is 0 Å². The molecule has 0 aliphatic carbocycles. The maximum Gasteiger partial charge on any atom is 0.355 e. The van der Waals surface area contributed by atoms with E-state index in [0.29, 0.717) is 12.1 Å². The molecule has 0 aromatic heterocycles. The number of esters is 2. The average Bonchev–Trinajstić information content (AvgIpc) is 2.83. The van der Waals surface area contributed by atoms with Gasteiger partial charge in [0.2, 0.25) is 0 Å². The summed E-state index contributed by atoms with van der Waals surface area (Å²) in [5.74, 6) is -5.98. The third-order valence-electron chi connectivity index (χ3n) is 3.42. The molecule has 1 heterocycles. The molecule has 0 fully saturated rings. The Hall–Kier alpha value is -3.49. The summed E-state index contributed by atoms with van der Waals surface area (Å²) in [6, 6.07) is 1.08. The summed E-state index contributed by atoms with van der Waals surface area (Å²) < 4.78 is 37.2. The quantitative estimate of drug-likeness (QED) is 0.817. The lowest BCUT2D eigenvalue weighted by Gasteiger charge is -2.23. The molecule has 0 radical (unpaired) electrons. The fourth-order valence-electron chi connectivity index (χ4n) is 2.24. The number of carbonyl (C=O) groups excluding carboxylic acids is 2. The molecule has 0 amide bonds. The SMILES string of the molecule is COC(=O)C1=C(C(=O)OC)N(c2cc(C(=O)O)c(F)cc2F)C=CC=C1. The number of rotatable bonds is 4. The van der Waals surface area contributed by atoms with Crippen LogP contribution in [-0.4, -0.2) is 37.2 Å². The molecule has 26 heavy (non-hydrogen) atoms. The van der Waals surface area contributed by atoms with E-state index in [-0.39, 0.29) is 5.57 Å². The van der Waals surface area contributed by atoms with Gasteiger partial charge in [-0.15, -0.1) is 0 Å². The van der Waals surface area contributed by atoms with Gasteiger partial charge in [-0.05, 0) is 18.2 Å². The first-order valence-electron chi connectivity index (χ1n) is 7.09. The van der Waals surface area contributed by atoms with Crippen LogP contribution in [-0.2, 0) is 19.1 Å². The molecule has 0 saturated carbocycles. The second-order valence-corrected chi connectivity index (χ2v) is 4.90. The van der Waals surface area contributed by atoms with Crippen molar-refractivity contribution in [2.24, 2.45) is 0 Å². The molecule has 136 valence electrons. The zero-order chi connectivity index (χ0) is 19.4. The normalized spacial score (nSPS) is 13.5. The zero-order valence-electron chi connectivity index (χ0n) is 13.7. The number of halogens is 2. The van der Waals surface area contributed by atoms with Crippen molar-refractivity contribution in [2.45, 2.75) is 0 Å². The first-order chi connectivity index (χ1) is 12.3. The third-order valence-corrected chi connectivity index (χ3v) is 3.42. The number of hydrogen-bond acceptors (Lipinski definition) is 6. The second kappa shape index (κ2) is 7.60. The van der Waals surface area contributed by atoms with E-state index in [1.807, 2.05) is 0 Å². The molecular weight excluding hydrogens is 352 g/mol. The van der Waals surface area contributed by atoms with Crippen molar-refractivity contribution in [3.05, 3.63) is 65.0 Å². The summed E-state index contributed by atoms with van der Waals surface area (Å²) in [6.45, 7) is 0. The largest absolute Gasteiger partial charge is 0.478 e. The van der Waals surface area contributed by atoms with Gasteiger partial charge in [0.25, 0.3) is 0 Å². The van der Waals surface area contributed by atoms with Crippen molar-refractivity contribution in [3.8, 4) is 0 Å². The highest BCUT2D eigenvalue weighted by atomic mass is 19.1. The molecule has 1 aliphatic rings. The Morgan fingerprint density at radius 1 is 1.00 bits per heavy atom. The summed E-state index contributed by atoms with van der Waals surface area (Å²) >= 11 is 0. The Bertz CT molecular complexity index is 872. The van der Waals surface area contributed by atoms with Crippen LogP contribution in [0.4, 0.5) is 14.5 Å². The lowest BCUT2D eigenvalue weighted by atomic mass is 10.1. The van der Waals surface area contributed by atoms with Crippen molar-refractivity contribution in [3.63, 3.8) is 0 Å². The minimum atomic E-state index is -1.63. The molecule has 0 atom stereocenters. The zero-order valence-corrected chi connectivity index (χ0v) is 13.7. The number of carbonyl (C=O) groups is 3. The molecule has 0 saturated heterocycles. The predicted octanol–water partition coefficient (Wildman–Crippen LogP) is 2.15. The Morgan fingerprint density at radius 3 is 2.23 bits per heavy atom. The Kier molecular flexibility index (Phi) is 5.51. The van der Waals surface area contributed by atoms with Crippen molar-refractivity contribution in [2.75, 3.05) is 19.1 Å². The van der Waals surface area contributed by atoms with Crippen LogP contribution in [0.5, 0.6) is 0 Å². The Labute approximate surface area is 146 Å². The first kappa shape index (κ1) is 18.8. The fraction of sp³-hybridized carbons (Fsp3) is 0.118. The molecule has 0 spiro atoms. The minimum absolute atomic E-state index is 0.259. The van der Waals surface area contributed by atoms with Crippen molar-refractivity contribution in [1.82, 2.24) is 0 Å². The molecule has 9 heteroatoms. The highest BCUT2D eigenvalue weighted by molar-refractivity contribution is 6.05. The second-order valence-electron chi connectivity index (χ2n) is 4.90. The smallest absolute Gasteiger partial charge is 0.355 e. The molecule has 1 aliphatic heterocycles. The van der Waals surface area contributed by atoms with Gasteiger partial charge in [-0.1, -0.05) is 6.08 Å². The van der Waals surface area contributed by atoms with E-state index in [0.717, 1.165) is 19.1 Å². The van der Waals surface area contributed by atoms with Gasteiger partial charge in [-0.3, -0.25) is 0 Å². The molecule has 1 N–H and O–H groups in total. The first-order valence-corrected chi connectivity index (χ1v) is 7.09. The summed E-state index contributed by atoms with van der Waals surface area (Å²) in [5.41, 5.74) is -1.96. The minimum Gasteiger partial charge on any atom is -0.478 e. The average molecular weight is 365 g/mol. The number of carboxylic acid groups (broad SMARTS) is 1. The number of aromatic carboxylic acids is 1. The number of benzene rings is 1. The lowest BCUT2D eigenvalue weighted by Crippen LogP contribution is -2.28. The van der Waals surface area contributed by atoms with Gasteiger partial charge in [0, 0.05) is 12.3 Å². The highest BCUT2D eigenvalue weighted by Gasteiger charge is 2.30. The third kappa shape index (κ3) is 3.46. The Morgan fingerprint density at radius 2 is 1.65 bits per heavy atom. The van der Waals surface area contributed by atoms with Crippen molar-refractivity contribution < 1.29 is 37.7 Å². The number of ether oxygens (including phenoxy) is 2. The van der Waals surface area contributed by atoms with Gasteiger partial charge in [0.1, 0.15) is 17.3 Å². The standard InChI is InChI=1S/C17H13F2NO6/c1-25-16(23)9-5-3-4-6-20(14(9)17(24)26-2)13-7-10(15(21)22)11(18)8-12(13)19/h3-8H,1-2H3,(H,21,22). The number of nitrogens with zero attached hydrogens (tertiary/aromatic N) is 1. The molecule has 0 bridgehead atoms. The van der Waals surface area contributed by atoms with E-state index < -0.39 is 46.5 Å². The van der Waals surface area contributed by atoms with Crippen LogP contribution in [0.15, 0.2) is 47.8 Å². The van der Waals surface area contributed by atoms with E-state index in [1.54, 1.807) is 0 Å². The summed E-state index contributed by atoms with van der Waals surface area (Å²) in [4.78, 5) is 36.2. The van der Waals surface area contributed by atoms with Gasteiger partial charge >= 0.3 is 17.9 Å². The molecule has 0 unspecified atom stereocenters. The summed E-state index contributed by atoms with van der Waals surface area (Å²) in [6.07, 6.45) is 5.19. The molecule has 1 aromatic carbocycles. The number of methoxy groups -OCH3 is 2.